The van der Waals surface area contributed by atoms with Gasteiger partial charge in [-0.15, -0.1) is 0 Å². The molecule has 0 N–H and O–H groups in total. The largest absolute Gasteiger partial charge is 0.496 e. The highest BCUT2D eigenvalue weighted by Gasteiger charge is 1.96. The van der Waals surface area contributed by atoms with E-state index in [2.05, 4.69) is 6.07 Å². The lowest BCUT2D eigenvalue weighted by molar-refractivity contribution is 0.411. The Kier molecular flexibility index (Phi) is 2.17. The Morgan fingerprint density at radius 1 is 1.60 bits per heavy atom. The van der Waals surface area contributed by atoms with Crippen LogP contribution in [0, 0.1) is 13.0 Å². The van der Waals surface area contributed by atoms with Gasteiger partial charge < -0.3 is 4.74 Å². The molecule has 0 aliphatic heterocycles. The molecule has 0 fully saturated rings. The highest BCUT2D eigenvalue weighted by molar-refractivity contribution is 6.30. The first-order valence-corrected chi connectivity index (χ1v) is 3.33. The van der Waals surface area contributed by atoms with Crippen molar-refractivity contribution < 1.29 is 4.74 Å². The molecule has 53 valence electrons. The predicted octanol–water partition coefficient (Wildman–Crippen LogP) is 2.46. The summed E-state index contributed by atoms with van der Waals surface area (Å²) >= 11 is 5.66. The van der Waals surface area contributed by atoms with Gasteiger partial charge in [-0.2, -0.15) is 0 Å². The van der Waals surface area contributed by atoms with Gasteiger partial charge in [0, 0.05) is 6.07 Å². The Bertz CT molecular complexity index is 233. The molecule has 0 heterocycles. The molecule has 1 nitrogen and oxygen atoms in total. The second kappa shape index (κ2) is 2.93. The van der Waals surface area contributed by atoms with Gasteiger partial charge in [0.2, 0.25) is 0 Å². The Labute approximate surface area is 65.6 Å². The number of ether oxygens (including phenoxy) is 1. The molecule has 0 unspecified atom stereocenters. The lowest BCUT2D eigenvalue weighted by Crippen LogP contribution is -1.85. The minimum atomic E-state index is 0.586. The Hall–Kier alpha value is -0.690. The number of halogens is 1. The van der Waals surface area contributed by atoms with Crippen molar-refractivity contribution in [2.75, 3.05) is 7.11 Å². The van der Waals surface area contributed by atoms with Gasteiger partial charge in [-0.3, -0.25) is 0 Å². The van der Waals surface area contributed by atoms with Gasteiger partial charge in [0.05, 0.1) is 12.1 Å². The van der Waals surface area contributed by atoms with Crippen molar-refractivity contribution in [2.24, 2.45) is 0 Å². The molecule has 0 aliphatic carbocycles. The van der Waals surface area contributed by atoms with Gasteiger partial charge in [-0.05, 0) is 24.6 Å². The quantitative estimate of drug-likeness (QED) is 0.606. The summed E-state index contributed by atoms with van der Waals surface area (Å²) in [6.07, 6.45) is 0. The lowest BCUT2D eigenvalue weighted by atomic mass is 10.2. The summed E-state index contributed by atoms with van der Waals surface area (Å²) in [5.74, 6) is 0.809. The molecule has 0 saturated carbocycles. The molecular formula is C8H8ClO. The van der Waals surface area contributed by atoms with Crippen LogP contribution in [-0.2, 0) is 0 Å². The van der Waals surface area contributed by atoms with Crippen molar-refractivity contribution in [2.45, 2.75) is 6.92 Å². The summed E-state index contributed by atoms with van der Waals surface area (Å²) in [7, 11) is 1.62. The van der Waals surface area contributed by atoms with Crippen LogP contribution in [0.4, 0.5) is 0 Å². The molecule has 0 amide bonds. The molecule has 0 aliphatic rings. The average molecular weight is 156 g/mol. The molecule has 10 heavy (non-hydrogen) atoms. The first-order valence-electron chi connectivity index (χ1n) is 2.96. The summed E-state index contributed by atoms with van der Waals surface area (Å²) in [5, 5.41) is 0.586. The summed E-state index contributed by atoms with van der Waals surface area (Å²) in [4.78, 5) is 0. The van der Waals surface area contributed by atoms with Crippen molar-refractivity contribution in [3.8, 4) is 5.75 Å². The average Bonchev–Trinajstić information content (AvgIpc) is 1.94. The van der Waals surface area contributed by atoms with Gasteiger partial charge >= 0.3 is 0 Å². The lowest BCUT2D eigenvalue weighted by Gasteiger charge is -2.02. The zero-order valence-corrected chi connectivity index (χ0v) is 6.70. The molecule has 0 spiro atoms. The van der Waals surface area contributed by atoms with E-state index in [1.807, 2.05) is 6.92 Å². The monoisotopic (exact) mass is 155 g/mol. The molecule has 0 bridgehead atoms. The zero-order valence-electron chi connectivity index (χ0n) is 5.94. The van der Waals surface area contributed by atoms with Crippen LogP contribution in [0.25, 0.3) is 0 Å². The highest BCUT2D eigenvalue weighted by atomic mass is 35.5. The number of hydrogen-bond acceptors (Lipinski definition) is 1. The fourth-order valence-corrected chi connectivity index (χ4v) is 0.892. The normalized spacial score (nSPS) is 9.50. The number of benzene rings is 1. The first kappa shape index (κ1) is 7.42. The zero-order chi connectivity index (χ0) is 7.56. The van der Waals surface area contributed by atoms with Crippen molar-refractivity contribution in [3.63, 3.8) is 0 Å². The minimum absolute atomic E-state index is 0.586. The summed E-state index contributed by atoms with van der Waals surface area (Å²) in [6, 6.07) is 6.41. The van der Waals surface area contributed by atoms with Gasteiger partial charge in [-0.1, -0.05) is 11.6 Å². The second-order valence-electron chi connectivity index (χ2n) is 2.03. The molecule has 1 aromatic rings. The maximum atomic E-state index is 5.66. The van der Waals surface area contributed by atoms with Crippen LogP contribution in [0.15, 0.2) is 12.1 Å². The Morgan fingerprint density at radius 3 is 2.80 bits per heavy atom. The molecule has 0 atom stereocenters. The van der Waals surface area contributed by atoms with Gasteiger partial charge in [0.1, 0.15) is 5.75 Å². The van der Waals surface area contributed by atoms with Crippen LogP contribution in [0.3, 0.4) is 0 Å². The van der Waals surface area contributed by atoms with E-state index in [-0.39, 0.29) is 0 Å². The number of rotatable bonds is 1. The summed E-state index contributed by atoms with van der Waals surface area (Å²) < 4.78 is 5.02. The topological polar surface area (TPSA) is 9.23 Å². The third-order valence-corrected chi connectivity index (χ3v) is 1.51. The van der Waals surface area contributed by atoms with Gasteiger partial charge in [0.15, 0.2) is 0 Å². The molecule has 2 heteroatoms. The number of aryl methyl sites for hydroxylation is 1. The van der Waals surface area contributed by atoms with Crippen LogP contribution in [0.2, 0.25) is 5.02 Å². The van der Waals surface area contributed by atoms with E-state index < -0.39 is 0 Å². The minimum Gasteiger partial charge on any atom is -0.496 e. The van der Waals surface area contributed by atoms with Gasteiger partial charge in [-0.25, -0.2) is 0 Å². The van der Waals surface area contributed by atoms with Crippen molar-refractivity contribution >= 4 is 11.6 Å². The Balaban J connectivity index is 3.09. The van der Waals surface area contributed by atoms with Crippen molar-refractivity contribution in [1.82, 2.24) is 0 Å². The van der Waals surface area contributed by atoms with Crippen LogP contribution >= 0.6 is 11.6 Å². The van der Waals surface area contributed by atoms with E-state index in [9.17, 15) is 0 Å². The predicted molar refractivity (Wildman–Crippen MR) is 41.6 cm³/mol. The number of methoxy groups -OCH3 is 1. The molecule has 0 saturated heterocycles. The van der Waals surface area contributed by atoms with E-state index in [1.54, 1.807) is 19.2 Å². The van der Waals surface area contributed by atoms with Crippen molar-refractivity contribution in [3.05, 3.63) is 28.8 Å². The molecule has 0 aromatic heterocycles. The SMILES string of the molecule is COc1cc(Cl)[c]cc1C. The molecule has 1 radical (unpaired) electrons. The number of hydrogen-bond donors (Lipinski definition) is 0. The fraction of sp³-hybridized carbons (Fsp3) is 0.250. The van der Waals surface area contributed by atoms with Crippen LogP contribution in [0.1, 0.15) is 5.56 Å². The van der Waals surface area contributed by atoms with E-state index in [4.69, 9.17) is 16.3 Å². The summed E-state index contributed by atoms with van der Waals surface area (Å²) in [6.45, 7) is 1.95. The molecular weight excluding hydrogens is 148 g/mol. The maximum Gasteiger partial charge on any atom is 0.123 e. The van der Waals surface area contributed by atoms with E-state index >= 15 is 0 Å². The van der Waals surface area contributed by atoms with Crippen LogP contribution < -0.4 is 4.74 Å². The maximum absolute atomic E-state index is 5.66. The highest BCUT2D eigenvalue weighted by Crippen LogP contribution is 2.20. The second-order valence-corrected chi connectivity index (χ2v) is 2.44. The third-order valence-electron chi connectivity index (χ3n) is 1.29. The Morgan fingerprint density at radius 2 is 2.30 bits per heavy atom. The summed E-state index contributed by atoms with van der Waals surface area (Å²) in [5.41, 5.74) is 1.05. The van der Waals surface area contributed by atoms with E-state index in [1.165, 1.54) is 0 Å². The standard InChI is InChI=1S/C8H8ClO/c1-6-3-4-7(9)5-8(6)10-2/h3,5H,1-2H3. The van der Waals surface area contributed by atoms with E-state index in [0.29, 0.717) is 5.02 Å². The van der Waals surface area contributed by atoms with E-state index in [0.717, 1.165) is 11.3 Å². The molecule has 1 aromatic carbocycles. The first-order chi connectivity index (χ1) is 4.74. The smallest absolute Gasteiger partial charge is 0.123 e. The fourth-order valence-electron chi connectivity index (χ4n) is 0.739. The van der Waals surface area contributed by atoms with Crippen LogP contribution in [-0.4, -0.2) is 7.11 Å². The third kappa shape index (κ3) is 1.42. The van der Waals surface area contributed by atoms with Crippen molar-refractivity contribution in [1.29, 1.82) is 0 Å². The van der Waals surface area contributed by atoms with Crippen LogP contribution in [0.5, 0.6) is 5.75 Å². The molecule has 1 rings (SSSR count). The van der Waals surface area contributed by atoms with Gasteiger partial charge in [0.25, 0.3) is 0 Å².